The van der Waals surface area contributed by atoms with Crippen LogP contribution in [0.2, 0.25) is 0 Å². The summed E-state index contributed by atoms with van der Waals surface area (Å²) in [5.41, 5.74) is 19.8. The molecule has 184 valence electrons. The van der Waals surface area contributed by atoms with Crippen LogP contribution < -0.4 is 11.5 Å². The van der Waals surface area contributed by atoms with Gasteiger partial charge in [0.2, 0.25) is 0 Å². The van der Waals surface area contributed by atoms with Gasteiger partial charge in [-0.25, -0.2) is 0 Å². The smallest absolute Gasteiger partial charge is 0.0314 e. The van der Waals surface area contributed by atoms with Crippen molar-refractivity contribution in [1.29, 1.82) is 0 Å². The molecule has 13 bridgehead atoms. The molecule has 8 unspecified atom stereocenters. The average molecular weight is 475 g/mol. The Labute approximate surface area is 214 Å². The Morgan fingerprint density at radius 3 is 1.44 bits per heavy atom. The van der Waals surface area contributed by atoms with Crippen LogP contribution in [0, 0.1) is 75.4 Å². The molecule has 13 fully saturated rings. The van der Waals surface area contributed by atoms with Crippen LogP contribution >= 0.6 is 0 Å². The monoisotopic (exact) mass is 474 g/mol. The first-order chi connectivity index (χ1) is 17.5. The van der Waals surface area contributed by atoms with E-state index in [0.717, 1.165) is 76.0 Å². The van der Waals surface area contributed by atoms with Crippen LogP contribution in [0.25, 0.3) is 0 Å². The average Bonchev–Trinajstić information content (AvgIpc) is 2.83. The maximum absolute atomic E-state index is 6.29. The number of hydrogen-bond acceptors (Lipinski definition) is 2. The van der Waals surface area contributed by atoms with E-state index in [2.05, 4.69) is 48.5 Å². The lowest BCUT2D eigenvalue weighted by atomic mass is 9.08. The van der Waals surface area contributed by atoms with E-state index in [-0.39, 0.29) is 5.41 Å². The van der Waals surface area contributed by atoms with E-state index in [9.17, 15) is 0 Å². The van der Waals surface area contributed by atoms with Crippen molar-refractivity contribution in [3.8, 4) is 0 Å². The van der Waals surface area contributed by atoms with Gasteiger partial charge in [0.1, 0.15) is 0 Å². The zero-order valence-corrected chi connectivity index (χ0v) is 21.2. The van der Waals surface area contributed by atoms with Crippen LogP contribution in [0.1, 0.15) is 62.5 Å². The Balaban J connectivity index is 1.25. The number of anilines is 2. The number of hydrogen-bond donors (Lipinski definition) is 2. The van der Waals surface area contributed by atoms with Crippen molar-refractivity contribution in [2.75, 3.05) is 11.5 Å². The molecule has 0 saturated heterocycles. The fourth-order valence-corrected chi connectivity index (χ4v) is 16.7. The van der Waals surface area contributed by atoms with Crippen molar-refractivity contribution in [2.24, 2.45) is 75.4 Å². The van der Waals surface area contributed by atoms with Crippen molar-refractivity contribution in [3.05, 3.63) is 59.7 Å². The molecule has 3 spiro atoms. The van der Waals surface area contributed by atoms with Crippen LogP contribution in [0.15, 0.2) is 48.5 Å². The molecule has 13 saturated carbocycles. The maximum atomic E-state index is 6.29. The molecule has 2 aromatic carbocycles. The van der Waals surface area contributed by atoms with Gasteiger partial charge in [0.15, 0.2) is 0 Å². The molecule has 8 atom stereocenters. The van der Waals surface area contributed by atoms with Crippen molar-refractivity contribution < 1.29 is 0 Å². The topological polar surface area (TPSA) is 52.0 Å². The molecule has 0 amide bonds. The summed E-state index contributed by atoms with van der Waals surface area (Å²) >= 11 is 0. The summed E-state index contributed by atoms with van der Waals surface area (Å²) in [6, 6.07) is 18.6. The second kappa shape index (κ2) is 5.29. The predicted molar refractivity (Wildman–Crippen MR) is 142 cm³/mol. The molecule has 0 radical (unpaired) electrons. The Morgan fingerprint density at radius 2 is 0.972 bits per heavy atom. The van der Waals surface area contributed by atoms with Gasteiger partial charge in [0, 0.05) is 16.8 Å². The minimum Gasteiger partial charge on any atom is -0.399 e. The second-order valence-corrected chi connectivity index (χ2v) is 15.8. The molecule has 2 heteroatoms. The first-order valence-electron chi connectivity index (χ1n) is 15.2. The molecular formula is C34H38N2. The maximum Gasteiger partial charge on any atom is 0.0314 e. The molecule has 0 heterocycles. The van der Waals surface area contributed by atoms with E-state index in [0.29, 0.717) is 10.8 Å². The Kier molecular flexibility index (Phi) is 2.82. The van der Waals surface area contributed by atoms with Crippen molar-refractivity contribution >= 4 is 11.4 Å². The molecule has 2 aromatic rings. The summed E-state index contributed by atoms with van der Waals surface area (Å²) in [4.78, 5) is 0. The van der Waals surface area contributed by atoms with Gasteiger partial charge in [0.05, 0.1) is 0 Å². The quantitative estimate of drug-likeness (QED) is 0.488. The summed E-state index contributed by atoms with van der Waals surface area (Å²) in [7, 11) is 0. The zero-order valence-electron chi connectivity index (χ0n) is 21.2. The summed E-state index contributed by atoms with van der Waals surface area (Å²) in [6.45, 7) is 0. The van der Waals surface area contributed by atoms with Crippen LogP contribution in [0.4, 0.5) is 11.4 Å². The van der Waals surface area contributed by atoms with E-state index in [1.165, 1.54) is 12.8 Å². The molecule has 36 heavy (non-hydrogen) atoms. The van der Waals surface area contributed by atoms with Crippen molar-refractivity contribution in [2.45, 2.75) is 56.8 Å². The van der Waals surface area contributed by atoms with Gasteiger partial charge in [-0.05, 0) is 162 Å². The lowest BCUT2D eigenvalue weighted by Crippen LogP contribution is -2.91. The van der Waals surface area contributed by atoms with E-state index >= 15 is 0 Å². The van der Waals surface area contributed by atoms with Crippen LogP contribution in [-0.4, -0.2) is 0 Å². The Bertz CT molecular complexity index is 1270. The summed E-state index contributed by atoms with van der Waals surface area (Å²) in [5.74, 6) is 9.90. The summed E-state index contributed by atoms with van der Waals surface area (Å²) in [5, 5.41) is 0. The molecular weight excluding hydrogens is 436 g/mol. The summed E-state index contributed by atoms with van der Waals surface area (Å²) < 4.78 is 0. The zero-order chi connectivity index (χ0) is 23.4. The normalized spacial score (nSPS) is 57.9. The first-order valence-corrected chi connectivity index (χ1v) is 15.2. The van der Waals surface area contributed by atoms with E-state index in [1.54, 1.807) is 49.7 Å². The lowest BCUT2D eigenvalue weighted by Gasteiger charge is -2.95. The number of rotatable bonds is 2. The van der Waals surface area contributed by atoms with Crippen LogP contribution in [-0.2, 0) is 5.41 Å². The predicted octanol–water partition coefficient (Wildman–Crippen LogP) is 6.50. The largest absolute Gasteiger partial charge is 0.399 e. The first kappa shape index (κ1) is 19.2. The van der Waals surface area contributed by atoms with Crippen LogP contribution in [0.3, 0.4) is 0 Å². The van der Waals surface area contributed by atoms with E-state index in [1.807, 2.05) is 0 Å². The highest BCUT2D eigenvalue weighted by Crippen LogP contribution is 2.97. The van der Waals surface area contributed by atoms with Crippen molar-refractivity contribution in [1.82, 2.24) is 0 Å². The summed E-state index contributed by atoms with van der Waals surface area (Å²) in [6.07, 6.45) is 12.7. The van der Waals surface area contributed by atoms with Gasteiger partial charge in [-0.1, -0.05) is 24.3 Å². The van der Waals surface area contributed by atoms with Gasteiger partial charge < -0.3 is 11.5 Å². The highest BCUT2D eigenvalue weighted by atomic mass is 15.0. The molecule has 0 aliphatic heterocycles. The molecule has 0 aromatic heterocycles. The highest BCUT2D eigenvalue weighted by molar-refractivity contribution is 5.54. The standard InChI is InChI=1S/C34H38N2/c35-22-5-1-19(2-6-22)34(20-3-7-23(36)8-4-20)21-15-32-13-17-9-24-26-25-10-18-12-31(26,11-17)30(32)33(14-18,16-21)28(25)29(34)27(24)32/h1-8,17-18,21,24-30H,9-16,35-36H2. The molecule has 13 aliphatic carbocycles. The minimum atomic E-state index is 0.147. The molecule has 13 aliphatic rings. The fourth-order valence-electron chi connectivity index (χ4n) is 16.7. The van der Waals surface area contributed by atoms with Gasteiger partial charge in [-0.3, -0.25) is 0 Å². The SMILES string of the molecule is Nc1ccc(C2(c3ccc(N)cc3)C3CC45CC6CC7C8C9CC%10CC8(C6)C4C(C%10)(C3)C9C2C75)cc1. The third kappa shape index (κ3) is 1.57. The third-order valence-corrected chi connectivity index (χ3v) is 15.4. The highest BCUT2D eigenvalue weighted by Gasteiger charge is 2.92. The molecule has 2 nitrogen and oxygen atoms in total. The number of nitrogen functional groups attached to an aromatic ring is 2. The van der Waals surface area contributed by atoms with Gasteiger partial charge in [0.25, 0.3) is 0 Å². The molecule has 4 N–H and O–H groups in total. The van der Waals surface area contributed by atoms with E-state index in [4.69, 9.17) is 11.5 Å². The Morgan fingerprint density at radius 1 is 0.528 bits per heavy atom. The molecule has 15 rings (SSSR count). The minimum absolute atomic E-state index is 0.147. The van der Waals surface area contributed by atoms with Crippen molar-refractivity contribution in [3.63, 3.8) is 0 Å². The number of nitrogens with two attached hydrogens (primary N) is 2. The van der Waals surface area contributed by atoms with E-state index < -0.39 is 0 Å². The lowest BCUT2D eigenvalue weighted by molar-refractivity contribution is -0.468. The Hall–Kier alpha value is -1.96. The van der Waals surface area contributed by atoms with Crippen LogP contribution in [0.5, 0.6) is 0 Å². The second-order valence-electron chi connectivity index (χ2n) is 15.8. The third-order valence-electron chi connectivity index (χ3n) is 15.4. The van der Waals surface area contributed by atoms with Gasteiger partial charge >= 0.3 is 0 Å². The van der Waals surface area contributed by atoms with Gasteiger partial charge in [-0.2, -0.15) is 0 Å². The fraction of sp³-hybridized carbons (Fsp3) is 0.647. The number of benzene rings is 2. The van der Waals surface area contributed by atoms with Gasteiger partial charge in [-0.15, -0.1) is 0 Å².